The zero-order chi connectivity index (χ0) is 14.8. The number of nitrogens with two attached hydrogens (primary N) is 1. The molecule has 20 heavy (non-hydrogen) atoms. The molecular weight excluding hydrogens is 252 g/mol. The van der Waals surface area contributed by atoms with E-state index in [0.29, 0.717) is 24.2 Å². The quantitative estimate of drug-likeness (QED) is 0.368. The van der Waals surface area contributed by atoms with Gasteiger partial charge in [0.05, 0.1) is 0 Å². The molecule has 4 N–H and O–H groups in total. The largest absolute Gasteiger partial charge is 0.508 e. The third-order valence-corrected chi connectivity index (χ3v) is 3.34. The number of aromatic hydroxyl groups is 1. The van der Waals surface area contributed by atoms with Crippen molar-refractivity contribution in [3.63, 3.8) is 0 Å². The maximum Gasteiger partial charge on any atom is 0.220 e. The summed E-state index contributed by atoms with van der Waals surface area (Å²) in [4.78, 5) is 11.7. The second-order valence-electron chi connectivity index (χ2n) is 5.18. The minimum atomic E-state index is 0.0299. The number of nitrogen functional groups attached to an aromatic ring is 1. The van der Waals surface area contributed by atoms with E-state index in [4.69, 9.17) is 5.73 Å². The van der Waals surface area contributed by atoms with E-state index in [-0.39, 0.29) is 11.7 Å². The number of amides is 1. The molecule has 1 amide bonds. The number of rotatable bonds is 9. The van der Waals surface area contributed by atoms with Crippen molar-refractivity contribution < 1.29 is 9.90 Å². The maximum absolute atomic E-state index is 11.7. The lowest BCUT2D eigenvalue weighted by Gasteiger charge is -2.08. The van der Waals surface area contributed by atoms with E-state index >= 15 is 0 Å². The van der Waals surface area contributed by atoms with Crippen LogP contribution in [0.2, 0.25) is 0 Å². The van der Waals surface area contributed by atoms with Gasteiger partial charge in [-0.2, -0.15) is 0 Å². The molecular formula is C16H26N2O2. The van der Waals surface area contributed by atoms with Gasteiger partial charge in [0.15, 0.2) is 0 Å². The zero-order valence-electron chi connectivity index (χ0n) is 12.3. The highest BCUT2D eigenvalue weighted by Crippen LogP contribution is 2.19. The van der Waals surface area contributed by atoms with Crippen LogP contribution in [0.3, 0.4) is 0 Å². The van der Waals surface area contributed by atoms with Gasteiger partial charge in [0.1, 0.15) is 5.75 Å². The van der Waals surface area contributed by atoms with Crippen molar-refractivity contribution in [3.8, 4) is 5.75 Å². The highest BCUT2D eigenvalue weighted by atomic mass is 16.3. The fourth-order valence-corrected chi connectivity index (χ4v) is 2.10. The lowest BCUT2D eigenvalue weighted by atomic mass is 10.1. The molecule has 0 bridgehead atoms. The first kappa shape index (κ1) is 16.3. The summed E-state index contributed by atoms with van der Waals surface area (Å²) in [6.07, 6.45) is 7.57. The zero-order valence-corrected chi connectivity index (χ0v) is 12.3. The van der Waals surface area contributed by atoms with Gasteiger partial charge in [0.2, 0.25) is 5.91 Å². The molecule has 4 heteroatoms. The van der Waals surface area contributed by atoms with Crippen molar-refractivity contribution in [3.05, 3.63) is 23.8 Å². The Balaban J connectivity index is 2.18. The molecule has 1 aromatic rings. The van der Waals surface area contributed by atoms with E-state index in [1.807, 2.05) is 0 Å². The van der Waals surface area contributed by atoms with Crippen LogP contribution in [0, 0.1) is 0 Å². The summed E-state index contributed by atoms with van der Waals surface area (Å²) in [5, 5.41) is 12.5. The van der Waals surface area contributed by atoms with Gasteiger partial charge in [-0.25, -0.2) is 0 Å². The predicted molar refractivity (Wildman–Crippen MR) is 82.4 cm³/mol. The summed E-state index contributed by atoms with van der Waals surface area (Å²) in [5.41, 5.74) is 6.89. The molecule has 112 valence electrons. The van der Waals surface area contributed by atoms with Crippen LogP contribution >= 0.6 is 0 Å². The maximum atomic E-state index is 11.7. The lowest BCUT2D eigenvalue weighted by Crippen LogP contribution is -2.22. The Hall–Kier alpha value is -1.71. The molecule has 0 atom stereocenters. The highest BCUT2D eigenvalue weighted by Gasteiger charge is 2.05. The molecule has 0 aliphatic rings. The van der Waals surface area contributed by atoms with E-state index < -0.39 is 0 Å². The van der Waals surface area contributed by atoms with Crippen molar-refractivity contribution >= 4 is 11.6 Å². The summed E-state index contributed by atoms with van der Waals surface area (Å²) in [5.74, 6) is 0.196. The minimum absolute atomic E-state index is 0.0299. The Morgan fingerprint density at radius 1 is 1.20 bits per heavy atom. The number of benzene rings is 1. The van der Waals surface area contributed by atoms with Crippen molar-refractivity contribution in [1.29, 1.82) is 0 Å². The molecule has 1 aromatic carbocycles. The summed E-state index contributed by atoms with van der Waals surface area (Å²) in [7, 11) is 0. The van der Waals surface area contributed by atoms with Crippen LogP contribution in [-0.4, -0.2) is 11.0 Å². The van der Waals surface area contributed by atoms with Crippen LogP contribution in [0.25, 0.3) is 0 Å². The lowest BCUT2D eigenvalue weighted by molar-refractivity contribution is -0.121. The molecule has 0 heterocycles. The van der Waals surface area contributed by atoms with Gasteiger partial charge in [-0.1, -0.05) is 39.0 Å². The van der Waals surface area contributed by atoms with Gasteiger partial charge >= 0.3 is 0 Å². The van der Waals surface area contributed by atoms with Gasteiger partial charge in [-0.15, -0.1) is 0 Å². The molecule has 1 rings (SSSR count). The fourth-order valence-electron chi connectivity index (χ4n) is 2.10. The monoisotopic (exact) mass is 278 g/mol. The molecule has 0 aliphatic carbocycles. The number of phenolic OH excluding ortho intramolecular Hbond substituents is 1. The first-order valence-electron chi connectivity index (χ1n) is 7.47. The Bertz CT molecular complexity index is 419. The van der Waals surface area contributed by atoms with E-state index in [0.717, 1.165) is 12.8 Å². The number of carbonyl (C=O) groups excluding carboxylic acids is 1. The number of hydrogen-bond donors (Lipinski definition) is 3. The average Bonchev–Trinajstić information content (AvgIpc) is 2.43. The van der Waals surface area contributed by atoms with Crippen LogP contribution in [-0.2, 0) is 11.3 Å². The molecule has 0 radical (unpaired) electrons. The summed E-state index contributed by atoms with van der Waals surface area (Å²) in [6, 6.07) is 4.86. The fraction of sp³-hybridized carbons (Fsp3) is 0.562. The van der Waals surface area contributed by atoms with Gasteiger partial charge in [-0.3, -0.25) is 4.79 Å². The Labute approximate surface area is 121 Å². The normalized spacial score (nSPS) is 10.4. The number of nitrogens with one attached hydrogen (secondary N) is 1. The molecule has 0 aliphatic heterocycles. The van der Waals surface area contributed by atoms with Crippen molar-refractivity contribution in [2.75, 3.05) is 5.73 Å². The number of anilines is 1. The number of carbonyl (C=O) groups is 1. The summed E-state index contributed by atoms with van der Waals surface area (Å²) < 4.78 is 0. The van der Waals surface area contributed by atoms with Gasteiger partial charge in [0.25, 0.3) is 0 Å². The highest BCUT2D eigenvalue weighted by molar-refractivity contribution is 5.75. The van der Waals surface area contributed by atoms with E-state index in [9.17, 15) is 9.90 Å². The van der Waals surface area contributed by atoms with Crippen molar-refractivity contribution in [1.82, 2.24) is 5.32 Å². The molecule has 0 unspecified atom stereocenters. The number of phenols is 1. The smallest absolute Gasteiger partial charge is 0.220 e. The van der Waals surface area contributed by atoms with Gasteiger partial charge in [0, 0.05) is 24.2 Å². The second-order valence-corrected chi connectivity index (χ2v) is 5.18. The first-order valence-corrected chi connectivity index (χ1v) is 7.47. The van der Waals surface area contributed by atoms with Crippen LogP contribution in [0.1, 0.15) is 57.4 Å². The Morgan fingerprint density at radius 3 is 2.65 bits per heavy atom. The van der Waals surface area contributed by atoms with E-state index in [1.165, 1.54) is 25.7 Å². The number of hydrogen-bond acceptors (Lipinski definition) is 3. The van der Waals surface area contributed by atoms with E-state index in [1.54, 1.807) is 18.2 Å². The van der Waals surface area contributed by atoms with Crippen LogP contribution < -0.4 is 11.1 Å². The molecule has 0 fully saturated rings. The third kappa shape index (κ3) is 6.45. The molecule has 0 spiro atoms. The average molecular weight is 278 g/mol. The van der Waals surface area contributed by atoms with E-state index in [2.05, 4.69) is 12.2 Å². The SMILES string of the molecule is CCCCCCCCC(=O)NCc1cc(N)ccc1O. The molecule has 0 saturated carbocycles. The topological polar surface area (TPSA) is 75.4 Å². The van der Waals surface area contributed by atoms with Crippen molar-refractivity contribution in [2.24, 2.45) is 0 Å². The van der Waals surface area contributed by atoms with Crippen LogP contribution in [0.5, 0.6) is 5.75 Å². The van der Waals surface area contributed by atoms with Gasteiger partial charge < -0.3 is 16.2 Å². The third-order valence-electron chi connectivity index (χ3n) is 3.34. The first-order chi connectivity index (χ1) is 9.63. The van der Waals surface area contributed by atoms with Crippen LogP contribution in [0.15, 0.2) is 18.2 Å². The predicted octanol–water partition coefficient (Wildman–Crippen LogP) is 3.34. The summed E-state index contributed by atoms with van der Waals surface area (Å²) >= 11 is 0. The standard InChI is InChI=1S/C16H26N2O2/c1-2-3-4-5-6-7-8-16(20)18-12-13-11-14(17)9-10-15(13)19/h9-11,19H,2-8,12,17H2,1H3,(H,18,20). The molecule has 4 nitrogen and oxygen atoms in total. The van der Waals surface area contributed by atoms with Crippen molar-refractivity contribution in [2.45, 2.75) is 58.4 Å². The van der Waals surface area contributed by atoms with Crippen LogP contribution in [0.4, 0.5) is 5.69 Å². The summed E-state index contributed by atoms with van der Waals surface area (Å²) in [6.45, 7) is 2.52. The minimum Gasteiger partial charge on any atom is -0.508 e. The molecule has 0 saturated heterocycles. The molecule has 0 aromatic heterocycles. The van der Waals surface area contributed by atoms with Gasteiger partial charge in [-0.05, 0) is 24.6 Å². The number of unbranched alkanes of at least 4 members (excludes halogenated alkanes) is 5. The second kappa shape index (κ2) is 9.23. The Morgan fingerprint density at radius 2 is 1.90 bits per heavy atom. The Kier molecular flexibility index (Phi) is 7.55.